The van der Waals surface area contributed by atoms with E-state index in [0.717, 1.165) is 25.7 Å². The van der Waals surface area contributed by atoms with Gasteiger partial charge in [0.15, 0.2) is 0 Å². The summed E-state index contributed by atoms with van der Waals surface area (Å²) in [6, 6.07) is 0. The second-order valence-electron chi connectivity index (χ2n) is 9.10. The van der Waals surface area contributed by atoms with Gasteiger partial charge in [0, 0.05) is 6.42 Å². The van der Waals surface area contributed by atoms with Crippen LogP contribution >= 0.6 is 0 Å². The fraction of sp³-hybridized carbons (Fsp3) is 0.933. The van der Waals surface area contributed by atoms with E-state index in [9.17, 15) is 9.59 Å². The van der Waals surface area contributed by atoms with Crippen LogP contribution in [0.4, 0.5) is 0 Å². The zero-order chi connectivity index (χ0) is 31.3. The lowest BCUT2D eigenvalue weighted by molar-refractivity contribution is -0.146. The number of unbranched alkanes of at least 4 members (excludes halogenated alkanes) is 3. The molecule has 0 heterocycles. The number of carbonyl (C=O) groups is 2. The number of rotatable bonds is 36. The van der Waals surface area contributed by atoms with Crippen LogP contribution in [0.2, 0.25) is 0 Å². The van der Waals surface area contributed by atoms with Gasteiger partial charge in [0.2, 0.25) is 0 Å². The number of ether oxygens (including phenoxy) is 11. The van der Waals surface area contributed by atoms with Crippen molar-refractivity contribution >= 4 is 11.9 Å². The van der Waals surface area contributed by atoms with Gasteiger partial charge in [-0.25, -0.2) is 0 Å². The quantitative estimate of drug-likeness (QED) is 0.0745. The highest BCUT2D eigenvalue weighted by molar-refractivity contribution is 5.69. The van der Waals surface area contributed by atoms with E-state index in [4.69, 9.17) is 52.1 Å². The molecule has 0 saturated heterocycles. The molecule has 0 aromatic heterocycles. The van der Waals surface area contributed by atoms with Crippen molar-refractivity contribution in [3.8, 4) is 0 Å². The predicted octanol–water partition coefficient (Wildman–Crippen LogP) is 2.60. The molecule has 0 fully saturated rings. The summed E-state index contributed by atoms with van der Waals surface area (Å²) in [4.78, 5) is 22.7. The highest BCUT2D eigenvalue weighted by Gasteiger charge is 2.03. The van der Waals surface area contributed by atoms with Crippen molar-refractivity contribution in [3.05, 3.63) is 0 Å². The Labute approximate surface area is 258 Å². The van der Waals surface area contributed by atoms with Crippen molar-refractivity contribution in [2.24, 2.45) is 0 Å². The van der Waals surface area contributed by atoms with Crippen LogP contribution in [0.25, 0.3) is 0 Å². The Morgan fingerprint density at radius 3 is 1.02 bits per heavy atom. The summed E-state index contributed by atoms with van der Waals surface area (Å²) in [5.41, 5.74) is 0. The summed E-state index contributed by atoms with van der Waals surface area (Å²) < 4.78 is 58.7. The molecule has 0 aromatic carbocycles. The van der Waals surface area contributed by atoms with E-state index in [-0.39, 0.29) is 25.0 Å². The molecule has 0 saturated carbocycles. The predicted molar refractivity (Wildman–Crippen MR) is 158 cm³/mol. The van der Waals surface area contributed by atoms with Crippen LogP contribution in [0.3, 0.4) is 0 Å². The Bertz CT molecular complexity index is 580. The highest BCUT2D eigenvalue weighted by atomic mass is 16.6. The first kappa shape index (κ1) is 41.6. The van der Waals surface area contributed by atoms with Gasteiger partial charge in [-0.3, -0.25) is 9.59 Å². The van der Waals surface area contributed by atoms with Crippen LogP contribution in [-0.4, -0.2) is 144 Å². The van der Waals surface area contributed by atoms with E-state index in [0.29, 0.717) is 132 Å². The Kier molecular flexibility index (Phi) is 35.6. The number of hydrogen-bond donors (Lipinski definition) is 0. The molecular weight excluding hydrogens is 568 g/mol. The van der Waals surface area contributed by atoms with Gasteiger partial charge in [0.25, 0.3) is 0 Å². The first-order valence-electron chi connectivity index (χ1n) is 15.7. The Balaban J connectivity index is 3.10. The highest BCUT2D eigenvalue weighted by Crippen LogP contribution is 2.03. The molecule has 0 aliphatic heterocycles. The van der Waals surface area contributed by atoms with Gasteiger partial charge in [-0.1, -0.05) is 26.2 Å². The van der Waals surface area contributed by atoms with Crippen molar-refractivity contribution in [2.75, 3.05) is 132 Å². The second-order valence-corrected chi connectivity index (χ2v) is 9.10. The minimum Gasteiger partial charge on any atom is -0.466 e. The summed E-state index contributed by atoms with van der Waals surface area (Å²) >= 11 is 0. The standard InChI is InChI=1S/C30H58O13/c1-3-5-6-7-8-29(31)43-28-27-41-26-25-40-24-23-39-22-21-38-20-19-37-18-17-36-16-15-35-14-13-34-12-11-33-10-9-30(32)42-4-2/h3-28H2,1-2H3. The molecule has 13 heteroatoms. The van der Waals surface area contributed by atoms with Gasteiger partial charge in [0.1, 0.15) is 6.61 Å². The minimum absolute atomic E-state index is 0.155. The van der Waals surface area contributed by atoms with Gasteiger partial charge in [-0.2, -0.15) is 0 Å². The Hall–Kier alpha value is -1.42. The molecule has 0 aliphatic rings. The van der Waals surface area contributed by atoms with Gasteiger partial charge < -0.3 is 52.1 Å². The zero-order valence-corrected chi connectivity index (χ0v) is 26.7. The molecule has 0 aromatic rings. The lowest BCUT2D eigenvalue weighted by Gasteiger charge is -2.09. The molecule has 0 bridgehead atoms. The van der Waals surface area contributed by atoms with Crippen molar-refractivity contribution in [1.82, 2.24) is 0 Å². The maximum atomic E-state index is 11.5. The summed E-state index contributed by atoms with van der Waals surface area (Å²) in [6.45, 7) is 12.9. The molecular formula is C30H58O13. The molecule has 0 radical (unpaired) electrons. The summed E-state index contributed by atoms with van der Waals surface area (Å²) in [7, 11) is 0. The van der Waals surface area contributed by atoms with E-state index < -0.39 is 0 Å². The Morgan fingerprint density at radius 1 is 0.349 bits per heavy atom. The lowest BCUT2D eigenvalue weighted by Crippen LogP contribution is -2.15. The average Bonchev–Trinajstić information content (AvgIpc) is 3.00. The van der Waals surface area contributed by atoms with Gasteiger partial charge in [0.05, 0.1) is 132 Å². The number of carbonyl (C=O) groups excluding carboxylic acids is 2. The number of hydrogen-bond acceptors (Lipinski definition) is 13. The third-order valence-electron chi connectivity index (χ3n) is 5.46. The monoisotopic (exact) mass is 626 g/mol. The van der Waals surface area contributed by atoms with Crippen LogP contribution in [0.5, 0.6) is 0 Å². The average molecular weight is 627 g/mol. The molecule has 0 atom stereocenters. The maximum absolute atomic E-state index is 11.5. The van der Waals surface area contributed by atoms with Crippen LogP contribution < -0.4 is 0 Å². The van der Waals surface area contributed by atoms with Crippen LogP contribution in [0.1, 0.15) is 52.4 Å². The second kappa shape index (κ2) is 36.8. The zero-order valence-electron chi connectivity index (χ0n) is 26.7. The van der Waals surface area contributed by atoms with Crippen LogP contribution in [0, 0.1) is 0 Å². The van der Waals surface area contributed by atoms with E-state index in [1.807, 2.05) is 0 Å². The molecule has 256 valence electrons. The van der Waals surface area contributed by atoms with Crippen LogP contribution in [0.15, 0.2) is 0 Å². The molecule has 0 rings (SSSR count). The Morgan fingerprint density at radius 2 is 0.674 bits per heavy atom. The van der Waals surface area contributed by atoms with Crippen molar-refractivity contribution < 1.29 is 61.7 Å². The fourth-order valence-electron chi connectivity index (χ4n) is 3.23. The van der Waals surface area contributed by atoms with Crippen molar-refractivity contribution in [2.45, 2.75) is 52.4 Å². The molecule has 0 unspecified atom stereocenters. The molecule has 0 amide bonds. The lowest BCUT2D eigenvalue weighted by atomic mass is 10.2. The van der Waals surface area contributed by atoms with Gasteiger partial charge in [-0.05, 0) is 13.3 Å². The minimum atomic E-state index is -0.253. The molecule has 0 N–H and O–H groups in total. The molecule has 0 aliphatic carbocycles. The van der Waals surface area contributed by atoms with E-state index >= 15 is 0 Å². The van der Waals surface area contributed by atoms with E-state index in [1.165, 1.54) is 0 Å². The first-order valence-corrected chi connectivity index (χ1v) is 15.7. The maximum Gasteiger partial charge on any atom is 0.308 e. The van der Waals surface area contributed by atoms with E-state index in [2.05, 4.69) is 6.92 Å². The molecule has 13 nitrogen and oxygen atoms in total. The topological polar surface area (TPSA) is 136 Å². The third kappa shape index (κ3) is 36.7. The molecule has 43 heavy (non-hydrogen) atoms. The smallest absolute Gasteiger partial charge is 0.308 e. The van der Waals surface area contributed by atoms with E-state index in [1.54, 1.807) is 6.92 Å². The number of esters is 2. The fourth-order valence-corrected chi connectivity index (χ4v) is 3.23. The molecule has 0 spiro atoms. The largest absolute Gasteiger partial charge is 0.466 e. The normalized spacial score (nSPS) is 11.2. The first-order chi connectivity index (χ1) is 21.2. The van der Waals surface area contributed by atoms with Gasteiger partial charge in [-0.15, -0.1) is 0 Å². The third-order valence-corrected chi connectivity index (χ3v) is 5.46. The summed E-state index contributed by atoms with van der Waals surface area (Å²) in [5, 5.41) is 0. The van der Waals surface area contributed by atoms with Crippen molar-refractivity contribution in [3.63, 3.8) is 0 Å². The summed E-state index contributed by atoms with van der Waals surface area (Å²) in [5.74, 6) is -0.408. The van der Waals surface area contributed by atoms with Crippen LogP contribution in [-0.2, 0) is 61.7 Å². The van der Waals surface area contributed by atoms with Crippen molar-refractivity contribution in [1.29, 1.82) is 0 Å². The SMILES string of the molecule is CCCCCCC(=O)OCCOCCOCCOCCOCCOCCOCCOCCOCCOCCC(=O)OCC. The van der Waals surface area contributed by atoms with Gasteiger partial charge >= 0.3 is 11.9 Å². The summed E-state index contributed by atoms with van der Waals surface area (Å²) in [6.07, 6.45) is 5.00.